The molecule has 5 aliphatic rings. The first-order valence-corrected chi connectivity index (χ1v) is 12.1. The number of hydrogen-bond donors (Lipinski definition) is 5. The Labute approximate surface area is 209 Å². The van der Waals surface area contributed by atoms with Gasteiger partial charge in [-0.15, -0.1) is 0 Å². The van der Waals surface area contributed by atoms with Gasteiger partial charge in [-0.25, -0.2) is 4.79 Å². The van der Waals surface area contributed by atoms with E-state index in [2.05, 4.69) is 10.6 Å². The summed E-state index contributed by atoms with van der Waals surface area (Å²) in [5.41, 5.74) is 10.3. The first kappa shape index (κ1) is 22.2. The highest BCUT2D eigenvalue weighted by Gasteiger charge is 2.41. The van der Waals surface area contributed by atoms with Crippen LogP contribution in [0.5, 0.6) is 11.5 Å². The molecule has 7 rings (SSSR count). The number of ether oxygens (including phenoxy) is 3. The summed E-state index contributed by atoms with van der Waals surface area (Å²) < 4.78 is 17.7. The van der Waals surface area contributed by atoms with Gasteiger partial charge in [0, 0.05) is 41.7 Å². The highest BCUT2D eigenvalue weighted by atomic mass is 16.7. The Kier molecular flexibility index (Phi) is 4.64. The lowest BCUT2D eigenvalue weighted by molar-refractivity contribution is -0.157. The van der Waals surface area contributed by atoms with Crippen molar-refractivity contribution in [3.63, 3.8) is 0 Å². The molecule has 3 unspecified atom stereocenters. The predicted molar refractivity (Wildman–Crippen MR) is 127 cm³/mol. The molecule has 192 valence electrons. The van der Waals surface area contributed by atoms with E-state index in [1.165, 1.54) is 0 Å². The van der Waals surface area contributed by atoms with E-state index in [1.807, 2.05) is 0 Å². The average molecular weight is 508 g/mol. The molecule has 12 nitrogen and oxygen atoms in total. The minimum atomic E-state index is -1.54. The third-order valence-corrected chi connectivity index (χ3v) is 7.78. The summed E-state index contributed by atoms with van der Waals surface area (Å²) in [5.74, 6) is -0.414. The van der Waals surface area contributed by atoms with Crippen LogP contribution in [0.15, 0.2) is 22.5 Å². The number of amides is 1. The molecule has 37 heavy (non-hydrogen) atoms. The van der Waals surface area contributed by atoms with Crippen LogP contribution in [-0.4, -0.2) is 46.1 Å². The van der Waals surface area contributed by atoms with Gasteiger partial charge < -0.3 is 45.4 Å². The SMILES string of the molecule is Nc1c2c(cc3c1C(CNC(=O)C(O)C1CC1)=C1Cn4c(cc5c(c4=O)COC(=O)C5O)C1N3)OCO2. The molecule has 1 fully saturated rings. The van der Waals surface area contributed by atoms with Crippen LogP contribution < -0.4 is 31.4 Å². The molecule has 3 atom stereocenters. The van der Waals surface area contributed by atoms with Crippen LogP contribution in [0.1, 0.15) is 47.4 Å². The number of benzene rings is 1. The standard InChI is InChI=1S/C25H24N4O8/c26-18-17-11(5-27-23(32)20(30)9-1-2-9)12-6-29-15(3-10-13(24(29)33)7-35-25(34)21(10)31)19(12)28-14(17)4-16-22(18)37-8-36-16/h3-4,9,19-21,28,30-31H,1-2,5-8,26H2,(H,27,32). The Morgan fingerprint density at radius 2 is 2.05 bits per heavy atom. The molecule has 1 aliphatic carbocycles. The molecule has 4 aliphatic heterocycles. The Morgan fingerprint density at radius 3 is 2.84 bits per heavy atom. The lowest BCUT2D eigenvalue weighted by Gasteiger charge is -2.30. The van der Waals surface area contributed by atoms with Crippen molar-refractivity contribution in [2.75, 3.05) is 24.4 Å². The fraction of sp³-hybridized carbons (Fsp3) is 0.400. The third kappa shape index (κ3) is 3.18. The van der Waals surface area contributed by atoms with Crippen molar-refractivity contribution in [2.45, 2.75) is 44.2 Å². The number of nitrogen functional groups attached to an aromatic ring is 1. The zero-order valence-corrected chi connectivity index (χ0v) is 19.6. The number of aliphatic hydroxyl groups is 2. The highest BCUT2D eigenvalue weighted by Crippen LogP contribution is 2.52. The lowest BCUT2D eigenvalue weighted by atomic mass is 9.87. The second kappa shape index (κ2) is 7.73. The van der Waals surface area contributed by atoms with Crippen molar-refractivity contribution in [1.82, 2.24) is 9.88 Å². The van der Waals surface area contributed by atoms with Crippen LogP contribution in [0.25, 0.3) is 5.57 Å². The average Bonchev–Trinajstić information content (AvgIpc) is 3.52. The third-order valence-electron chi connectivity index (χ3n) is 7.78. The molecule has 1 amide bonds. The van der Waals surface area contributed by atoms with E-state index in [0.717, 1.165) is 18.4 Å². The number of carbonyl (C=O) groups excluding carboxylic acids is 2. The van der Waals surface area contributed by atoms with Crippen molar-refractivity contribution < 1.29 is 34.0 Å². The van der Waals surface area contributed by atoms with E-state index in [-0.39, 0.29) is 49.1 Å². The Balaban J connectivity index is 1.36. The molecule has 2 aromatic rings. The predicted octanol–water partition coefficient (Wildman–Crippen LogP) is 0.0705. The minimum absolute atomic E-state index is 0.0263. The molecular formula is C25H24N4O8. The van der Waals surface area contributed by atoms with Gasteiger partial charge in [-0.05, 0) is 36.0 Å². The number of fused-ring (bicyclic) bond motifs is 6. The molecule has 0 saturated heterocycles. The Hall–Kier alpha value is -4.03. The first-order valence-electron chi connectivity index (χ1n) is 12.1. The van der Waals surface area contributed by atoms with E-state index in [9.17, 15) is 24.6 Å². The summed E-state index contributed by atoms with van der Waals surface area (Å²) in [6.45, 7) is 0.0883. The number of pyridine rings is 1. The van der Waals surface area contributed by atoms with Crippen molar-refractivity contribution in [1.29, 1.82) is 0 Å². The molecule has 1 aromatic carbocycles. The van der Waals surface area contributed by atoms with Crippen LogP contribution in [0, 0.1) is 5.92 Å². The maximum absolute atomic E-state index is 13.4. The normalized spacial score (nSPS) is 23.4. The number of rotatable bonds is 4. The number of nitrogens with one attached hydrogen (secondary N) is 2. The van der Waals surface area contributed by atoms with Gasteiger partial charge in [-0.3, -0.25) is 9.59 Å². The maximum Gasteiger partial charge on any atom is 0.340 e. The van der Waals surface area contributed by atoms with Gasteiger partial charge in [0.25, 0.3) is 5.56 Å². The molecule has 0 bridgehead atoms. The van der Waals surface area contributed by atoms with Crippen LogP contribution in [-0.2, 0) is 27.5 Å². The number of nitrogens with zero attached hydrogens (tertiary/aromatic N) is 1. The molecule has 0 spiro atoms. The van der Waals surface area contributed by atoms with Gasteiger partial charge in [0.15, 0.2) is 17.6 Å². The molecule has 1 saturated carbocycles. The quantitative estimate of drug-likeness (QED) is 0.281. The monoisotopic (exact) mass is 508 g/mol. The Morgan fingerprint density at radius 1 is 1.24 bits per heavy atom. The maximum atomic E-state index is 13.4. The lowest BCUT2D eigenvalue weighted by Crippen LogP contribution is -2.37. The van der Waals surface area contributed by atoms with Gasteiger partial charge in [-0.2, -0.15) is 0 Å². The number of aromatic nitrogens is 1. The van der Waals surface area contributed by atoms with Crippen molar-refractivity contribution >= 4 is 28.8 Å². The van der Waals surface area contributed by atoms with Crippen LogP contribution in [0.3, 0.4) is 0 Å². The topological polar surface area (TPSA) is 174 Å². The molecule has 5 heterocycles. The zero-order valence-electron chi connectivity index (χ0n) is 19.6. The zero-order chi connectivity index (χ0) is 25.6. The highest BCUT2D eigenvalue weighted by molar-refractivity contribution is 5.95. The van der Waals surface area contributed by atoms with E-state index in [1.54, 1.807) is 16.7 Å². The van der Waals surface area contributed by atoms with Gasteiger partial charge in [-0.1, -0.05) is 0 Å². The largest absolute Gasteiger partial charge is 0.458 e. The van der Waals surface area contributed by atoms with E-state index in [0.29, 0.717) is 39.7 Å². The number of carbonyl (C=O) groups is 2. The fourth-order valence-corrected chi connectivity index (χ4v) is 5.67. The number of anilines is 2. The fourth-order valence-electron chi connectivity index (χ4n) is 5.67. The van der Waals surface area contributed by atoms with E-state index in [4.69, 9.17) is 19.9 Å². The number of aliphatic hydroxyl groups excluding tert-OH is 2. The van der Waals surface area contributed by atoms with Crippen LogP contribution in [0.4, 0.5) is 11.4 Å². The summed E-state index contributed by atoms with van der Waals surface area (Å²) in [7, 11) is 0. The summed E-state index contributed by atoms with van der Waals surface area (Å²) in [6.07, 6.45) is -0.993. The van der Waals surface area contributed by atoms with E-state index < -0.39 is 30.1 Å². The summed E-state index contributed by atoms with van der Waals surface area (Å²) in [6, 6.07) is 2.92. The number of esters is 1. The minimum Gasteiger partial charge on any atom is -0.458 e. The van der Waals surface area contributed by atoms with Gasteiger partial charge in [0.1, 0.15) is 12.7 Å². The molecule has 6 N–H and O–H groups in total. The molecule has 12 heteroatoms. The summed E-state index contributed by atoms with van der Waals surface area (Å²) in [4.78, 5) is 38.0. The van der Waals surface area contributed by atoms with Crippen molar-refractivity contribution in [3.05, 3.63) is 50.4 Å². The number of cyclic esters (lactones) is 1. The smallest absolute Gasteiger partial charge is 0.340 e. The number of hydrogen-bond acceptors (Lipinski definition) is 10. The van der Waals surface area contributed by atoms with Crippen LogP contribution in [0.2, 0.25) is 0 Å². The Bertz CT molecular complexity index is 1490. The van der Waals surface area contributed by atoms with Gasteiger partial charge in [0.05, 0.1) is 17.3 Å². The van der Waals surface area contributed by atoms with Crippen molar-refractivity contribution in [2.24, 2.45) is 5.92 Å². The van der Waals surface area contributed by atoms with Crippen LogP contribution >= 0.6 is 0 Å². The summed E-state index contributed by atoms with van der Waals surface area (Å²) in [5, 5.41) is 27.0. The first-order chi connectivity index (χ1) is 17.8. The summed E-state index contributed by atoms with van der Waals surface area (Å²) >= 11 is 0. The van der Waals surface area contributed by atoms with Crippen molar-refractivity contribution in [3.8, 4) is 11.5 Å². The second-order valence-corrected chi connectivity index (χ2v) is 9.93. The molecular weight excluding hydrogens is 484 g/mol. The molecule has 1 aromatic heterocycles. The van der Waals surface area contributed by atoms with E-state index >= 15 is 0 Å². The van der Waals surface area contributed by atoms with Gasteiger partial charge >= 0.3 is 5.97 Å². The second-order valence-electron chi connectivity index (χ2n) is 9.93. The van der Waals surface area contributed by atoms with Gasteiger partial charge in [0.2, 0.25) is 12.7 Å². The number of nitrogens with two attached hydrogens (primary N) is 1. The molecule has 0 radical (unpaired) electrons.